The van der Waals surface area contributed by atoms with E-state index in [1.54, 1.807) is 18.2 Å². The van der Waals surface area contributed by atoms with Gasteiger partial charge in [0, 0.05) is 18.7 Å². The zero-order valence-electron chi connectivity index (χ0n) is 14.6. The monoisotopic (exact) mass is 376 g/mol. The largest absolute Gasteiger partial charge is 0.461 e. The first kappa shape index (κ1) is 21.3. The van der Waals surface area contributed by atoms with Crippen molar-refractivity contribution in [1.29, 1.82) is 0 Å². The molecular weight excluding hydrogens is 356 g/mol. The number of rotatable bonds is 7. The first-order chi connectivity index (χ1) is 12.0. The van der Waals surface area contributed by atoms with Crippen LogP contribution in [0.25, 0.3) is 11.6 Å². The van der Waals surface area contributed by atoms with Gasteiger partial charge in [0.25, 0.3) is 5.69 Å². The molecule has 0 atom stereocenters. The molecule has 26 heavy (non-hydrogen) atoms. The van der Waals surface area contributed by atoms with Gasteiger partial charge in [-0.05, 0) is 43.4 Å². The van der Waals surface area contributed by atoms with Gasteiger partial charge in [-0.2, -0.15) is 0 Å². The minimum Gasteiger partial charge on any atom is -0.461 e. The van der Waals surface area contributed by atoms with Gasteiger partial charge < -0.3 is 9.64 Å². The summed E-state index contributed by atoms with van der Waals surface area (Å²) in [5, 5.41) is 10.7. The molecule has 0 aliphatic carbocycles. The summed E-state index contributed by atoms with van der Waals surface area (Å²) in [7, 11) is 3.80. The number of benzene rings is 2. The van der Waals surface area contributed by atoms with Gasteiger partial charge in [-0.15, -0.1) is 12.4 Å². The van der Waals surface area contributed by atoms with Crippen LogP contribution < -0.4 is 0 Å². The summed E-state index contributed by atoms with van der Waals surface area (Å²) >= 11 is 0. The third kappa shape index (κ3) is 6.31. The highest BCUT2D eigenvalue weighted by Gasteiger charge is 2.14. The maximum absolute atomic E-state index is 12.5. The van der Waals surface area contributed by atoms with Gasteiger partial charge in [0.05, 0.1) is 10.5 Å². The fourth-order valence-electron chi connectivity index (χ4n) is 2.14. The number of likely N-dealkylation sites (N-methyl/N-ethyl adjacent to an activating group) is 1. The van der Waals surface area contributed by atoms with E-state index < -0.39 is 10.9 Å². The van der Waals surface area contributed by atoms with Gasteiger partial charge in [-0.1, -0.05) is 30.3 Å². The predicted octanol–water partition coefficient (Wildman–Crippen LogP) is 3.66. The molecule has 0 fully saturated rings. The summed E-state index contributed by atoms with van der Waals surface area (Å²) in [5.41, 5.74) is 1.84. The molecule has 0 bridgehead atoms. The van der Waals surface area contributed by atoms with Crippen molar-refractivity contribution in [3.05, 3.63) is 75.8 Å². The average Bonchev–Trinajstić information content (AvgIpc) is 2.60. The Morgan fingerprint density at radius 3 is 2.27 bits per heavy atom. The number of nitrogens with zero attached hydrogens (tertiary/aromatic N) is 2. The summed E-state index contributed by atoms with van der Waals surface area (Å²) < 4.78 is 5.35. The predicted molar refractivity (Wildman–Crippen MR) is 104 cm³/mol. The van der Waals surface area contributed by atoms with Crippen LogP contribution in [0, 0.1) is 10.1 Å². The van der Waals surface area contributed by atoms with Crippen LogP contribution in [0.5, 0.6) is 0 Å². The molecule has 0 aromatic heterocycles. The maximum atomic E-state index is 12.5. The molecule has 138 valence electrons. The molecule has 2 aromatic carbocycles. The zero-order valence-corrected chi connectivity index (χ0v) is 15.4. The molecule has 0 N–H and O–H groups in total. The number of carbonyl (C=O) groups is 1. The molecule has 2 aromatic rings. The third-order valence-electron chi connectivity index (χ3n) is 3.49. The van der Waals surface area contributed by atoms with E-state index in [2.05, 4.69) is 0 Å². The fourth-order valence-corrected chi connectivity index (χ4v) is 2.14. The Labute approximate surface area is 158 Å². The van der Waals surface area contributed by atoms with Crippen molar-refractivity contribution >= 4 is 35.7 Å². The number of carbonyl (C=O) groups excluding carboxylic acids is 1. The first-order valence-corrected chi connectivity index (χ1v) is 7.81. The van der Waals surface area contributed by atoms with Gasteiger partial charge >= 0.3 is 5.97 Å². The van der Waals surface area contributed by atoms with Crippen molar-refractivity contribution in [1.82, 2.24) is 4.90 Å². The number of hydrogen-bond acceptors (Lipinski definition) is 5. The van der Waals surface area contributed by atoms with Crippen molar-refractivity contribution < 1.29 is 14.5 Å². The van der Waals surface area contributed by atoms with Crippen molar-refractivity contribution in [2.45, 2.75) is 0 Å². The lowest BCUT2D eigenvalue weighted by molar-refractivity contribution is -0.384. The fraction of sp³-hybridized carbons (Fsp3) is 0.211. The van der Waals surface area contributed by atoms with E-state index in [4.69, 9.17) is 4.74 Å². The molecule has 0 aliphatic rings. The van der Waals surface area contributed by atoms with Crippen LogP contribution in [-0.2, 0) is 9.53 Å². The molecule has 7 heteroatoms. The molecule has 0 spiro atoms. The lowest BCUT2D eigenvalue weighted by Crippen LogP contribution is -2.20. The van der Waals surface area contributed by atoms with Crippen LogP contribution in [0.2, 0.25) is 0 Å². The first-order valence-electron chi connectivity index (χ1n) is 7.81. The number of nitro benzene ring substituents is 1. The van der Waals surface area contributed by atoms with Crippen molar-refractivity contribution in [3.63, 3.8) is 0 Å². The van der Waals surface area contributed by atoms with Gasteiger partial charge in [0.1, 0.15) is 6.61 Å². The van der Waals surface area contributed by atoms with Crippen molar-refractivity contribution in [2.24, 2.45) is 0 Å². The highest BCUT2D eigenvalue weighted by molar-refractivity contribution is 6.21. The smallest absolute Gasteiger partial charge is 0.338 e. The number of non-ortho nitro benzene ring substituents is 1. The summed E-state index contributed by atoms with van der Waals surface area (Å²) in [4.78, 5) is 24.7. The molecule has 0 unspecified atom stereocenters. The summed E-state index contributed by atoms with van der Waals surface area (Å²) in [5.74, 6) is -0.425. The molecule has 6 nitrogen and oxygen atoms in total. The Kier molecular flexibility index (Phi) is 8.48. The third-order valence-corrected chi connectivity index (χ3v) is 3.49. The van der Waals surface area contributed by atoms with E-state index in [9.17, 15) is 14.9 Å². The lowest BCUT2D eigenvalue weighted by atomic mass is 10.0. The average molecular weight is 377 g/mol. The number of esters is 1. The normalized spacial score (nSPS) is 11.0. The minimum absolute atomic E-state index is 0. The Balaban J connectivity index is 0.00000338. The van der Waals surface area contributed by atoms with Gasteiger partial charge in [0.2, 0.25) is 0 Å². The minimum atomic E-state index is -0.457. The van der Waals surface area contributed by atoms with Crippen molar-refractivity contribution in [3.8, 4) is 0 Å². The highest BCUT2D eigenvalue weighted by Crippen LogP contribution is 2.21. The SMILES string of the molecule is CN(C)CCOC(=O)/C(=C/c1ccc([N+](=O)[O-])cc1)c1ccccc1.Cl. The number of hydrogen-bond donors (Lipinski definition) is 0. The topological polar surface area (TPSA) is 72.7 Å². The standard InChI is InChI=1S/C19H20N2O4.ClH/c1-20(2)12-13-25-19(22)18(16-6-4-3-5-7-16)14-15-8-10-17(11-9-15)21(23)24;/h3-11,14H,12-13H2,1-2H3;1H/b18-14+;. The maximum Gasteiger partial charge on any atom is 0.338 e. The second-order valence-corrected chi connectivity index (χ2v) is 5.71. The van der Waals surface area contributed by atoms with E-state index in [-0.39, 0.29) is 24.7 Å². The van der Waals surface area contributed by atoms with Gasteiger partial charge in [0.15, 0.2) is 0 Å². The van der Waals surface area contributed by atoms with Crippen LogP contribution in [-0.4, -0.2) is 43.0 Å². The highest BCUT2D eigenvalue weighted by atomic mass is 35.5. The van der Waals surface area contributed by atoms with Gasteiger partial charge in [-0.3, -0.25) is 10.1 Å². The van der Waals surface area contributed by atoms with E-state index in [1.165, 1.54) is 12.1 Å². The van der Waals surface area contributed by atoms with E-state index >= 15 is 0 Å². The van der Waals surface area contributed by atoms with E-state index in [0.717, 1.165) is 5.56 Å². The number of nitro groups is 1. The van der Waals surface area contributed by atoms with Crippen molar-refractivity contribution in [2.75, 3.05) is 27.2 Å². The quantitative estimate of drug-likeness (QED) is 0.242. The Morgan fingerprint density at radius 1 is 1.12 bits per heavy atom. The Bertz CT molecular complexity index is 759. The second-order valence-electron chi connectivity index (χ2n) is 5.71. The number of ether oxygens (including phenoxy) is 1. The van der Waals surface area contributed by atoms with E-state index in [0.29, 0.717) is 17.7 Å². The van der Waals surface area contributed by atoms with Crippen LogP contribution >= 0.6 is 12.4 Å². The Morgan fingerprint density at radius 2 is 1.73 bits per heavy atom. The summed E-state index contributed by atoms with van der Waals surface area (Å²) in [6.45, 7) is 0.918. The Hall–Kier alpha value is -2.70. The van der Waals surface area contributed by atoms with Gasteiger partial charge in [-0.25, -0.2) is 4.79 Å². The van der Waals surface area contributed by atoms with Crippen LogP contribution in [0.3, 0.4) is 0 Å². The van der Waals surface area contributed by atoms with Crippen LogP contribution in [0.15, 0.2) is 54.6 Å². The molecule has 0 amide bonds. The van der Waals surface area contributed by atoms with E-state index in [1.807, 2.05) is 49.3 Å². The molecule has 0 saturated heterocycles. The molecule has 0 aliphatic heterocycles. The molecule has 0 saturated carbocycles. The van der Waals surface area contributed by atoms with Crippen LogP contribution in [0.4, 0.5) is 5.69 Å². The molecule has 0 heterocycles. The summed E-state index contributed by atoms with van der Waals surface area (Å²) in [6.07, 6.45) is 1.68. The summed E-state index contributed by atoms with van der Waals surface area (Å²) in [6, 6.07) is 15.2. The number of halogens is 1. The molecule has 2 rings (SSSR count). The lowest BCUT2D eigenvalue weighted by Gasteiger charge is -2.12. The molecular formula is C19H21ClN2O4. The van der Waals surface area contributed by atoms with Crippen LogP contribution in [0.1, 0.15) is 11.1 Å². The molecule has 0 radical (unpaired) electrons. The zero-order chi connectivity index (χ0) is 18.2. The second kappa shape index (κ2) is 10.3.